The molecule has 4 N–H and O–H groups in total. The number of halogens is 4. The average Bonchev–Trinajstić information content (AvgIpc) is 3.38. The van der Waals surface area contributed by atoms with Gasteiger partial charge in [-0.1, -0.05) is 59.6 Å². The molecule has 1 heterocycles. The largest absolute Gasteiger partial charge is 0.383 e. The minimum absolute atomic E-state index is 0.0568. The van der Waals surface area contributed by atoms with Gasteiger partial charge in [-0.3, -0.25) is 14.2 Å². The van der Waals surface area contributed by atoms with Gasteiger partial charge in [-0.25, -0.2) is 13.8 Å². The van der Waals surface area contributed by atoms with Gasteiger partial charge in [0.15, 0.2) is 5.82 Å². The topological polar surface area (TPSA) is 102 Å². The average molecular weight is 620 g/mol. The highest BCUT2D eigenvalue weighted by atomic mass is 35.5. The van der Waals surface area contributed by atoms with Crippen molar-refractivity contribution in [3.05, 3.63) is 112 Å². The molecule has 0 aliphatic rings. The molecular formula is C32H25Cl2F2N5O2. The number of aromatic nitrogens is 2. The Kier molecular flexibility index (Phi) is 8.75. The SMILES string of the molecule is CC(=O)NCCNc1ccccc1-c1nc(-c2ccccc2C(N)=O)c(-c2ccc(F)c(Cl)c2)n1-c1cccc(Cl)c1F. The summed E-state index contributed by atoms with van der Waals surface area (Å²) in [4.78, 5) is 28.9. The Bertz CT molecular complexity index is 1860. The highest BCUT2D eigenvalue weighted by molar-refractivity contribution is 6.31. The number of hydrogen-bond acceptors (Lipinski definition) is 4. The van der Waals surface area contributed by atoms with Crippen molar-refractivity contribution in [2.75, 3.05) is 18.4 Å². The number of anilines is 1. The molecule has 0 aliphatic carbocycles. The van der Waals surface area contributed by atoms with Gasteiger partial charge in [-0.15, -0.1) is 0 Å². The molecule has 0 bridgehead atoms. The Hall–Kier alpha value is -4.73. The summed E-state index contributed by atoms with van der Waals surface area (Å²) in [5.74, 6) is -1.93. The van der Waals surface area contributed by atoms with E-state index in [1.54, 1.807) is 47.0 Å². The molecule has 4 aromatic carbocycles. The molecule has 0 saturated carbocycles. The maximum Gasteiger partial charge on any atom is 0.249 e. The zero-order valence-corrected chi connectivity index (χ0v) is 24.3. The predicted octanol–water partition coefficient (Wildman–Crippen LogP) is 7.11. The summed E-state index contributed by atoms with van der Waals surface area (Å²) in [5, 5.41) is 5.75. The van der Waals surface area contributed by atoms with Crippen LogP contribution in [0.5, 0.6) is 0 Å². The minimum Gasteiger partial charge on any atom is -0.383 e. The maximum absolute atomic E-state index is 15.9. The Balaban J connectivity index is 1.87. The van der Waals surface area contributed by atoms with E-state index < -0.39 is 17.5 Å². The van der Waals surface area contributed by atoms with E-state index in [-0.39, 0.29) is 38.7 Å². The van der Waals surface area contributed by atoms with Crippen LogP contribution in [-0.2, 0) is 4.79 Å². The lowest BCUT2D eigenvalue weighted by molar-refractivity contribution is -0.118. The van der Waals surface area contributed by atoms with E-state index in [1.807, 2.05) is 12.1 Å². The number of para-hydroxylation sites is 1. The van der Waals surface area contributed by atoms with E-state index >= 15 is 4.39 Å². The number of rotatable bonds is 9. The van der Waals surface area contributed by atoms with E-state index in [0.29, 0.717) is 41.2 Å². The lowest BCUT2D eigenvalue weighted by Gasteiger charge is -2.17. The number of carbonyl (C=O) groups is 2. The van der Waals surface area contributed by atoms with Gasteiger partial charge in [-0.2, -0.15) is 0 Å². The minimum atomic E-state index is -0.719. The fourth-order valence-corrected chi connectivity index (χ4v) is 5.12. The van der Waals surface area contributed by atoms with E-state index in [9.17, 15) is 14.0 Å². The van der Waals surface area contributed by atoms with Gasteiger partial charge in [0.2, 0.25) is 11.8 Å². The first kappa shape index (κ1) is 29.8. The third kappa shape index (κ3) is 6.09. The second-order valence-corrected chi connectivity index (χ2v) is 10.3. The van der Waals surface area contributed by atoms with E-state index in [2.05, 4.69) is 10.6 Å². The smallest absolute Gasteiger partial charge is 0.249 e. The van der Waals surface area contributed by atoms with Crippen molar-refractivity contribution in [3.63, 3.8) is 0 Å². The number of imidazole rings is 1. The Morgan fingerprint density at radius 3 is 2.33 bits per heavy atom. The molecule has 1 aromatic heterocycles. The first-order valence-corrected chi connectivity index (χ1v) is 13.9. The molecule has 0 atom stereocenters. The van der Waals surface area contributed by atoms with Gasteiger partial charge < -0.3 is 16.4 Å². The molecule has 0 spiro atoms. The number of hydrogen-bond donors (Lipinski definition) is 3. The molecule has 11 heteroatoms. The predicted molar refractivity (Wildman–Crippen MR) is 165 cm³/mol. The van der Waals surface area contributed by atoms with Gasteiger partial charge in [0.05, 0.1) is 27.1 Å². The summed E-state index contributed by atoms with van der Waals surface area (Å²) in [6.45, 7) is 2.18. The van der Waals surface area contributed by atoms with E-state index in [4.69, 9.17) is 33.9 Å². The molecule has 0 radical (unpaired) electrons. The van der Waals surface area contributed by atoms with Crippen molar-refractivity contribution in [2.24, 2.45) is 5.73 Å². The van der Waals surface area contributed by atoms with E-state index in [1.165, 1.54) is 37.3 Å². The number of nitrogens with one attached hydrogen (secondary N) is 2. The molecule has 0 fully saturated rings. The van der Waals surface area contributed by atoms with Gasteiger partial charge in [-0.05, 0) is 48.5 Å². The normalized spacial score (nSPS) is 10.9. The van der Waals surface area contributed by atoms with Crippen LogP contribution < -0.4 is 16.4 Å². The summed E-state index contributed by atoms with van der Waals surface area (Å²) in [6, 6.07) is 22.5. The summed E-state index contributed by atoms with van der Waals surface area (Å²) in [7, 11) is 0. The molecule has 0 aliphatic heterocycles. The van der Waals surface area contributed by atoms with Gasteiger partial charge in [0.25, 0.3) is 0 Å². The summed E-state index contributed by atoms with van der Waals surface area (Å²) < 4.78 is 31.8. The highest BCUT2D eigenvalue weighted by Crippen LogP contribution is 2.43. The number of nitrogens with two attached hydrogens (primary N) is 1. The number of benzene rings is 4. The molecule has 5 rings (SSSR count). The lowest BCUT2D eigenvalue weighted by atomic mass is 9.99. The van der Waals surface area contributed by atoms with Crippen LogP contribution in [0.1, 0.15) is 17.3 Å². The van der Waals surface area contributed by atoms with Crippen LogP contribution in [0.25, 0.3) is 39.6 Å². The van der Waals surface area contributed by atoms with Crippen molar-refractivity contribution in [1.29, 1.82) is 0 Å². The van der Waals surface area contributed by atoms with Gasteiger partial charge >= 0.3 is 0 Å². The first-order chi connectivity index (χ1) is 20.7. The number of carbonyl (C=O) groups excluding carboxylic acids is 2. The number of nitrogens with zero attached hydrogens (tertiary/aromatic N) is 2. The Morgan fingerprint density at radius 2 is 1.60 bits per heavy atom. The summed E-state index contributed by atoms with van der Waals surface area (Å²) in [6.07, 6.45) is 0. The van der Waals surface area contributed by atoms with Crippen LogP contribution in [0.3, 0.4) is 0 Å². The van der Waals surface area contributed by atoms with Crippen LogP contribution >= 0.6 is 23.2 Å². The van der Waals surface area contributed by atoms with Crippen LogP contribution in [0, 0.1) is 11.6 Å². The van der Waals surface area contributed by atoms with Crippen molar-refractivity contribution < 1.29 is 18.4 Å². The second-order valence-electron chi connectivity index (χ2n) is 9.54. The van der Waals surface area contributed by atoms with Gasteiger partial charge in [0.1, 0.15) is 11.6 Å². The standard InChI is InChI=1S/C32H25Cl2F2N5O2/c1-18(42)38-15-16-39-26-11-5-4-9-22(26)32-40-29(20-7-2-3-8-21(20)31(37)43)30(19-13-14-25(35)24(34)17-19)41(32)27-12-6-10-23(33)28(27)36/h2-14,17,39H,15-16H2,1H3,(H2,37,43)(H,38,42). The zero-order valence-electron chi connectivity index (χ0n) is 22.8. The Labute approximate surface area is 256 Å². The van der Waals surface area contributed by atoms with Crippen LogP contribution in [-0.4, -0.2) is 34.5 Å². The van der Waals surface area contributed by atoms with Crippen LogP contribution in [0.2, 0.25) is 10.0 Å². The molecule has 0 unspecified atom stereocenters. The quantitative estimate of drug-likeness (QED) is 0.153. The fraction of sp³-hybridized carbons (Fsp3) is 0.0938. The molecule has 218 valence electrons. The van der Waals surface area contributed by atoms with E-state index in [0.717, 1.165) is 0 Å². The van der Waals surface area contributed by atoms with Crippen molar-refractivity contribution >= 4 is 40.7 Å². The Morgan fingerprint density at radius 1 is 0.884 bits per heavy atom. The molecule has 0 saturated heterocycles. The molecule has 7 nitrogen and oxygen atoms in total. The third-order valence-electron chi connectivity index (χ3n) is 6.67. The summed E-state index contributed by atoms with van der Waals surface area (Å²) >= 11 is 12.5. The van der Waals surface area contributed by atoms with Crippen molar-refractivity contribution in [2.45, 2.75) is 6.92 Å². The van der Waals surface area contributed by atoms with Crippen molar-refractivity contribution in [1.82, 2.24) is 14.9 Å². The molecular weight excluding hydrogens is 595 g/mol. The van der Waals surface area contributed by atoms with Crippen LogP contribution in [0.4, 0.5) is 14.5 Å². The zero-order chi connectivity index (χ0) is 30.7. The maximum atomic E-state index is 15.9. The fourth-order valence-electron chi connectivity index (χ4n) is 4.77. The number of amides is 2. The first-order valence-electron chi connectivity index (χ1n) is 13.2. The monoisotopic (exact) mass is 619 g/mol. The van der Waals surface area contributed by atoms with Crippen molar-refractivity contribution in [3.8, 4) is 39.6 Å². The third-order valence-corrected chi connectivity index (χ3v) is 7.25. The lowest BCUT2D eigenvalue weighted by Crippen LogP contribution is -2.26. The summed E-state index contributed by atoms with van der Waals surface area (Å²) in [5.41, 5.74) is 8.57. The molecule has 43 heavy (non-hydrogen) atoms. The highest BCUT2D eigenvalue weighted by Gasteiger charge is 2.28. The number of primary amides is 1. The van der Waals surface area contributed by atoms with Crippen LogP contribution in [0.15, 0.2) is 84.9 Å². The van der Waals surface area contributed by atoms with Gasteiger partial charge in [0, 0.05) is 48.0 Å². The molecule has 2 amide bonds. The molecule has 5 aromatic rings. The second kappa shape index (κ2) is 12.6.